The van der Waals surface area contributed by atoms with Crippen LogP contribution in [0.2, 0.25) is 0 Å². The van der Waals surface area contributed by atoms with Gasteiger partial charge in [0.1, 0.15) is 17.5 Å². The molecule has 5 rings (SSSR count). The molecule has 45 heavy (non-hydrogen) atoms. The van der Waals surface area contributed by atoms with E-state index in [0.717, 1.165) is 18.4 Å². The summed E-state index contributed by atoms with van der Waals surface area (Å²) in [6.07, 6.45) is 0.531. The molecular formula is C33H46N2O9S. The zero-order chi connectivity index (χ0) is 32.2. The lowest BCUT2D eigenvalue weighted by Gasteiger charge is -2.31. The van der Waals surface area contributed by atoms with E-state index in [4.69, 9.17) is 23.7 Å². The summed E-state index contributed by atoms with van der Waals surface area (Å²) in [7, 11) is -0.805. The summed E-state index contributed by atoms with van der Waals surface area (Å²) in [4.78, 5) is 13.4. The Hall–Kier alpha value is -2.74. The third-order valence-corrected chi connectivity index (χ3v) is 11.0. The van der Waals surface area contributed by atoms with Gasteiger partial charge in [-0.3, -0.25) is 0 Å². The lowest BCUT2D eigenvalue weighted by molar-refractivity contribution is -0.166. The minimum Gasteiger partial charge on any atom is -0.497 e. The molecule has 2 aromatic rings. The predicted molar refractivity (Wildman–Crippen MR) is 166 cm³/mol. The van der Waals surface area contributed by atoms with E-state index in [1.54, 1.807) is 19.2 Å². The van der Waals surface area contributed by atoms with Crippen LogP contribution >= 0.6 is 0 Å². The number of nitrogens with one attached hydrogen (secondary N) is 1. The second kappa shape index (κ2) is 14.4. The van der Waals surface area contributed by atoms with Crippen LogP contribution in [0.1, 0.15) is 45.1 Å². The number of ether oxygens (including phenoxy) is 5. The first-order valence-electron chi connectivity index (χ1n) is 15.7. The number of aliphatic hydroxyl groups is 1. The Labute approximate surface area is 266 Å². The summed E-state index contributed by atoms with van der Waals surface area (Å²) in [6.45, 7) is 4.31. The van der Waals surface area contributed by atoms with Gasteiger partial charge >= 0.3 is 6.09 Å². The van der Waals surface area contributed by atoms with Crippen molar-refractivity contribution in [3.63, 3.8) is 0 Å². The van der Waals surface area contributed by atoms with Gasteiger partial charge in [-0.15, -0.1) is 0 Å². The highest BCUT2D eigenvalue weighted by Gasteiger charge is 2.58. The van der Waals surface area contributed by atoms with Crippen LogP contribution in [0.5, 0.6) is 5.75 Å². The SMILES string of the molecule is COc1ccc(S(=O)(=O)N(CC(C)C)C[C@@H](O)[C@H](Cc2ccccc2)NC(=O)O[C@H]2C[C@H]3OC[C@]4(CC[C@@H](OC)O4)[C@H]3C2)cc1. The number of nitrogens with zero attached hydrogens (tertiary/aromatic N) is 1. The molecule has 0 aromatic heterocycles. The van der Waals surface area contributed by atoms with Crippen molar-refractivity contribution in [2.45, 2.75) is 87.1 Å². The highest BCUT2D eigenvalue weighted by atomic mass is 32.2. The number of methoxy groups -OCH3 is 2. The average Bonchev–Trinajstić information content (AvgIpc) is 3.72. The lowest BCUT2D eigenvalue weighted by Crippen LogP contribution is -2.51. The van der Waals surface area contributed by atoms with E-state index in [2.05, 4.69) is 5.32 Å². The van der Waals surface area contributed by atoms with Crippen molar-refractivity contribution in [2.24, 2.45) is 11.8 Å². The van der Waals surface area contributed by atoms with Gasteiger partial charge in [0.05, 0.1) is 36.9 Å². The van der Waals surface area contributed by atoms with Crippen LogP contribution in [0.15, 0.2) is 59.5 Å². The first-order valence-corrected chi connectivity index (χ1v) is 17.1. The van der Waals surface area contributed by atoms with Crippen molar-refractivity contribution in [1.29, 1.82) is 0 Å². The van der Waals surface area contributed by atoms with Gasteiger partial charge in [-0.25, -0.2) is 13.2 Å². The number of sulfonamides is 1. The number of rotatable bonds is 13. The van der Waals surface area contributed by atoms with Crippen molar-refractivity contribution in [3.05, 3.63) is 60.2 Å². The van der Waals surface area contributed by atoms with Crippen molar-refractivity contribution in [3.8, 4) is 5.75 Å². The van der Waals surface area contributed by atoms with E-state index in [9.17, 15) is 18.3 Å². The molecule has 2 heterocycles. The van der Waals surface area contributed by atoms with E-state index < -0.39 is 33.9 Å². The molecule has 1 amide bonds. The Bertz CT molecular complexity index is 1370. The molecule has 1 saturated carbocycles. The molecule has 2 saturated heterocycles. The number of hydrogen-bond donors (Lipinski definition) is 2. The standard InChI is InChI=1S/C33H46N2O9S/c1-22(2)19-35(45(38,39)26-12-10-24(40-3)11-13-26)20-29(36)28(16-23-8-6-5-7-9-23)34-32(37)43-25-17-27-30(18-25)42-21-33(27)15-14-31(41-4)44-33/h5-13,22,25,27-31,36H,14-21H2,1-4H3,(H,34,37)/t25-,27+,28+,29-,30-,31+,33-/m1/s1. The Balaban J connectivity index is 1.28. The fraction of sp³-hybridized carbons (Fsp3) is 0.606. The second-order valence-corrected chi connectivity index (χ2v) is 14.7. The molecule has 12 heteroatoms. The number of benzene rings is 2. The summed E-state index contributed by atoms with van der Waals surface area (Å²) in [5, 5.41) is 14.4. The monoisotopic (exact) mass is 646 g/mol. The van der Waals surface area contributed by atoms with E-state index in [-0.39, 0.29) is 54.7 Å². The van der Waals surface area contributed by atoms with Crippen LogP contribution in [-0.2, 0) is 35.4 Å². The van der Waals surface area contributed by atoms with Crippen molar-refractivity contribution >= 4 is 16.1 Å². The van der Waals surface area contributed by atoms with Crippen LogP contribution in [0.25, 0.3) is 0 Å². The number of hydrogen-bond acceptors (Lipinski definition) is 9. The molecule has 0 radical (unpaired) electrons. The number of carbonyl (C=O) groups is 1. The van der Waals surface area contributed by atoms with Gasteiger partial charge in [-0.2, -0.15) is 4.31 Å². The highest BCUT2D eigenvalue weighted by molar-refractivity contribution is 7.89. The topological polar surface area (TPSA) is 133 Å². The van der Waals surface area contributed by atoms with E-state index in [1.165, 1.54) is 23.5 Å². The smallest absolute Gasteiger partial charge is 0.407 e. The third-order valence-electron chi connectivity index (χ3n) is 9.11. The number of aliphatic hydroxyl groups excluding tert-OH is 1. The molecule has 7 atom stereocenters. The second-order valence-electron chi connectivity index (χ2n) is 12.7. The van der Waals surface area contributed by atoms with Crippen LogP contribution in [0.3, 0.4) is 0 Å². The van der Waals surface area contributed by atoms with E-state index in [0.29, 0.717) is 25.2 Å². The molecule has 1 spiro atoms. The predicted octanol–water partition coefficient (Wildman–Crippen LogP) is 3.74. The maximum absolute atomic E-state index is 13.7. The Morgan fingerprint density at radius 1 is 1.09 bits per heavy atom. The summed E-state index contributed by atoms with van der Waals surface area (Å²) in [5.41, 5.74) is 0.466. The average molecular weight is 647 g/mol. The number of carbonyl (C=O) groups excluding carboxylic acids is 1. The molecule has 3 fully saturated rings. The summed E-state index contributed by atoms with van der Waals surface area (Å²) < 4.78 is 57.5. The maximum Gasteiger partial charge on any atom is 0.407 e. The van der Waals surface area contributed by atoms with Gasteiger partial charge in [0, 0.05) is 39.0 Å². The molecule has 11 nitrogen and oxygen atoms in total. The Morgan fingerprint density at radius 2 is 1.82 bits per heavy atom. The summed E-state index contributed by atoms with van der Waals surface area (Å²) in [5.74, 6) is 0.637. The van der Waals surface area contributed by atoms with Crippen molar-refractivity contribution < 1.29 is 42.0 Å². The van der Waals surface area contributed by atoms with Gasteiger partial charge in [0.15, 0.2) is 6.29 Å². The first kappa shape index (κ1) is 33.6. The Kier molecular flexibility index (Phi) is 10.7. The van der Waals surface area contributed by atoms with E-state index in [1.807, 2.05) is 44.2 Å². The van der Waals surface area contributed by atoms with Crippen molar-refractivity contribution in [2.75, 3.05) is 33.9 Å². The summed E-state index contributed by atoms with van der Waals surface area (Å²) in [6, 6.07) is 14.8. The van der Waals surface area contributed by atoms with Gasteiger partial charge in [-0.05, 0) is 55.0 Å². The normalized spacial score (nSPS) is 27.5. The van der Waals surface area contributed by atoms with Gasteiger partial charge in [0.25, 0.3) is 0 Å². The quantitative estimate of drug-likeness (QED) is 0.334. The molecule has 2 aliphatic heterocycles. The Morgan fingerprint density at radius 3 is 2.47 bits per heavy atom. The minimum absolute atomic E-state index is 0.00827. The first-order chi connectivity index (χ1) is 21.5. The van der Waals surface area contributed by atoms with Gasteiger partial charge < -0.3 is 34.1 Å². The summed E-state index contributed by atoms with van der Waals surface area (Å²) >= 11 is 0. The van der Waals surface area contributed by atoms with Crippen molar-refractivity contribution in [1.82, 2.24) is 9.62 Å². The van der Waals surface area contributed by atoms with Crippen LogP contribution in [-0.4, -0.2) is 94.1 Å². The third kappa shape index (κ3) is 7.81. The maximum atomic E-state index is 13.7. The largest absolute Gasteiger partial charge is 0.497 e. The number of amides is 1. The molecular weight excluding hydrogens is 600 g/mol. The van der Waals surface area contributed by atoms with Gasteiger partial charge in [0.2, 0.25) is 10.0 Å². The fourth-order valence-corrected chi connectivity index (χ4v) is 8.45. The highest BCUT2D eigenvalue weighted by Crippen LogP contribution is 2.50. The molecule has 2 N–H and O–H groups in total. The van der Waals surface area contributed by atoms with Crippen LogP contribution in [0.4, 0.5) is 4.79 Å². The molecule has 0 unspecified atom stereocenters. The van der Waals surface area contributed by atoms with Gasteiger partial charge in [-0.1, -0.05) is 44.2 Å². The molecule has 1 aliphatic carbocycles. The molecule has 0 bridgehead atoms. The number of fused-ring (bicyclic) bond motifs is 2. The molecule has 2 aromatic carbocycles. The molecule has 248 valence electrons. The van der Waals surface area contributed by atoms with Crippen LogP contribution in [0, 0.1) is 11.8 Å². The number of alkyl carbamates (subject to hydrolysis) is 1. The van der Waals surface area contributed by atoms with Crippen LogP contribution < -0.4 is 10.1 Å². The minimum atomic E-state index is -3.96. The molecule has 3 aliphatic rings. The zero-order valence-electron chi connectivity index (χ0n) is 26.5. The zero-order valence-corrected chi connectivity index (χ0v) is 27.3. The lowest BCUT2D eigenvalue weighted by atomic mass is 9.85. The van der Waals surface area contributed by atoms with E-state index >= 15 is 0 Å². The fourth-order valence-electron chi connectivity index (χ4n) is 6.83.